The summed E-state index contributed by atoms with van der Waals surface area (Å²) in [7, 11) is 0. The molecule has 1 amide bonds. The van der Waals surface area contributed by atoms with Crippen molar-refractivity contribution in [2.24, 2.45) is 5.92 Å². The Balaban J connectivity index is 2.51. The Labute approximate surface area is 98.0 Å². The van der Waals surface area contributed by atoms with Crippen LogP contribution in [0.15, 0.2) is 0 Å². The third-order valence-corrected chi connectivity index (χ3v) is 3.16. The Morgan fingerprint density at radius 2 is 2.00 bits per heavy atom. The highest BCUT2D eigenvalue weighted by molar-refractivity contribution is 6.18. The van der Waals surface area contributed by atoms with Crippen LogP contribution < -0.4 is 0 Å². The van der Waals surface area contributed by atoms with E-state index in [1.807, 2.05) is 4.90 Å². The average Bonchev–Trinajstić information content (AvgIpc) is 2.65. The fourth-order valence-electron chi connectivity index (χ4n) is 2.28. The molecule has 1 fully saturated rings. The minimum absolute atomic E-state index is 0.289. The van der Waals surface area contributed by atoms with Gasteiger partial charge < -0.3 is 4.90 Å². The summed E-state index contributed by atoms with van der Waals surface area (Å²) in [5, 5.41) is 0. The molecule has 0 radical (unpaired) electrons. The van der Waals surface area contributed by atoms with E-state index in [1.165, 1.54) is 25.7 Å². The normalized spacial score (nSPS) is 17.3. The minimum Gasteiger partial charge on any atom is -0.339 e. The average molecular weight is 232 g/mol. The molecule has 88 valence electrons. The van der Waals surface area contributed by atoms with Gasteiger partial charge >= 0.3 is 0 Å². The van der Waals surface area contributed by atoms with Crippen molar-refractivity contribution in [1.29, 1.82) is 0 Å². The molecule has 15 heavy (non-hydrogen) atoms. The molecule has 0 unspecified atom stereocenters. The van der Waals surface area contributed by atoms with Crippen LogP contribution in [0.4, 0.5) is 0 Å². The molecule has 0 aliphatic heterocycles. The monoisotopic (exact) mass is 231 g/mol. The number of nitrogens with zero attached hydrogens (tertiary/aromatic N) is 1. The summed E-state index contributed by atoms with van der Waals surface area (Å²) in [6.07, 6.45) is 5.52. The molecule has 0 saturated heterocycles. The van der Waals surface area contributed by atoms with Gasteiger partial charge in [-0.15, -0.1) is 11.6 Å². The second kappa shape index (κ2) is 6.37. The fraction of sp³-hybridized carbons (Fsp3) is 0.917. The Morgan fingerprint density at radius 1 is 1.40 bits per heavy atom. The molecule has 3 heteroatoms. The summed E-state index contributed by atoms with van der Waals surface area (Å²) < 4.78 is 0. The van der Waals surface area contributed by atoms with Crippen LogP contribution >= 0.6 is 11.6 Å². The summed E-state index contributed by atoms with van der Waals surface area (Å²) in [6, 6.07) is 0.468. The number of carbonyl (C=O) groups excluding carboxylic acids is 1. The molecule has 1 rings (SSSR count). The van der Waals surface area contributed by atoms with Gasteiger partial charge in [-0.1, -0.05) is 26.7 Å². The highest BCUT2D eigenvalue weighted by Gasteiger charge is 2.26. The van der Waals surface area contributed by atoms with Crippen LogP contribution in [0.1, 0.15) is 46.0 Å². The molecule has 0 aromatic heterocycles. The zero-order chi connectivity index (χ0) is 11.3. The van der Waals surface area contributed by atoms with Crippen molar-refractivity contribution in [3.05, 3.63) is 0 Å². The quantitative estimate of drug-likeness (QED) is 0.666. The maximum atomic E-state index is 12.0. The molecule has 0 N–H and O–H groups in total. The van der Waals surface area contributed by atoms with Gasteiger partial charge in [0.15, 0.2) is 0 Å². The van der Waals surface area contributed by atoms with E-state index in [0.29, 0.717) is 24.3 Å². The van der Waals surface area contributed by atoms with E-state index in [9.17, 15) is 4.79 Å². The Bertz CT molecular complexity index is 200. The van der Waals surface area contributed by atoms with Gasteiger partial charge in [-0.25, -0.2) is 0 Å². The number of carbonyl (C=O) groups is 1. The predicted octanol–water partition coefficient (Wildman–Crippen LogP) is 3.04. The van der Waals surface area contributed by atoms with Crippen LogP contribution in [-0.2, 0) is 4.79 Å². The largest absolute Gasteiger partial charge is 0.339 e. The molecule has 2 nitrogen and oxygen atoms in total. The van der Waals surface area contributed by atoms with Crippen molar-refractivity contribution >= 4 is 17.5 Å². The number of amides is 1. The fourth-order valence-corrected chi connectivity index (χ4v) is 2.47. The molecule has 1 saturated carbocycles. The van der Waals surface area contributed by atoms with Crippen LogP contribution in [0.2, 0.25) is 0 Å². The lowest BCUT2D eigenvalue weighted by Gasteiger charge is -2.29. The number of rotatable bonds is 5. The highest BCUT2D eigenvalue weighted by atomic mass is 35.5. The van der Waals surface area contributed by atoms with E-state index in [-0.39, 0.29) is 5.91 Å². The zero-order valence-corrected chi connectivity index (χ0v) is 10.6. The van der Waals surface area contributed by atoms with Gasteiger partial charge in [0, 0.05) is 24.9 Å². The van der Waals surface area contributed by atoms with Gasteiger partial charge in [-0.2, -0.15) is 0 Å². The number of hydrogen-bond acceptors (Lipinski definition) is 1. The summed E-state index contributed by atoms with van der Waals surface area (Å²) in [4.78, 5) is 14.0. The summed E-state index contributed by atoms with van der Waals surface area (Å²) >= 11 is 5.76. The number of halogens is 1. The minimum atomic E-state index is 0.289. The zero-order valence-electron chi connectivity index (χ0n) is 9.84. The van der Waals surface area contributed by atoms with E-state index >= 15 is 0 Å². The van der Waals surface area contributed by atoms with E-state index in [0.717, 1.165) is 6.54 Å². The van der Waals surface area contributed by atoms with Crippen LogP contribution in [0.3, 0.4) is 0 Å². The first kappa shape index (κ1) is 12.8. The second-order valence-electron chi connectivity index (χ2n) is 4.81. The van der Waals surface area contributed by atoms with Crippen LogP contribution in [0.5, 0.6) is 0 Å². The van der Waals surface area contributed by atoms with Gasteiger partial charge in [-0.3, -0.25) is 4.79 Å². The first-order valence-corrected chi connectivity index (χ1v) is 6.54. The topological polar surface area (TPSA) is 20.3 Å². The van der Waals surface area contributed by atoms with E-state index in [1.54, 1.807) is 0 Å². The molecular weight excluding hydrogens is 210 g/mol. The van der Waals surface area contributed by atoms with Crippen LogP contribution in [0.25, 0.3) is 0 Å². The number of alkyl halides is 1. The number of hydrogen-bond donors (Lipinski definition) is 0. The lowest BCUT2D eigenvalue weighted by molar-refractivity contribution is -0.133. The van der Waals surface area contributed by atoms with Crippen molar-refractivity contribution < 1.29 is 4.79 Å². The van der Waals surface area contributed by atoms with Crippen LogP contribution in [0, 0.1) is 5.92 Å². The van der Waals surface area contributed by atoms with E-state index in [2.05, 4.69) is 13.8 Å². The lowest BCUT2D eigenvalue weighted by atomic mass is 10.1. The summed E-state index contributed by atoms with van der Waals surface area (Å²) in [5.74, 6) is 1.29. The molecule has 0 spiro atoms. The van der Waals surface area contributed by atoms with Crippen molar-refractivity contribution in [2.45, 2.75) is 52.0 Å². The summed E-state index contributed by atoms with van der Waals surface area (Å²) in [5.41, 5.74) is 0. The Hall–Kier alpha value is -0.240. The van der Waals surface area contributed by atoms with Gasteiger partial charge in [0.05, 0.1) is 0 Å². The highest BCUT2D eigenvalue weighted by Crippen LogP contribution is 2.24. The standard InChI is InChI=1S/C12H22ClNO/c1-10(2)9-12(15)14(8-7-13)11-5-3-4-6-11/h10-11H,3-9H2,1-2H3. The van der Waals surface area contributed by atoms with Gasteiger partial charge in [-0.05, 0) is 18.8 Å². The van der Waals surface area contributed by atoms with Crippen molar-refractivity contribution in [1.82, 2.24) is 4.90 Å². The Kier molecular flexibility index (Phi) is 5.44. The smallest absolute Gasteiger partial charge is 0.223 e. The van der Waals surface area contributed by atoms with Gasteiger partial charge in [0.1, 0.15) is 0 Å². The SMILES string of the molecule is CC(C)CC(=O)N(CCCl)C1CCCC1. The molecule has 0 heterocycles. The lowest BCUT2D eigenvalue weighted by Crippen LogP contribution is -2.40. The summed E-state index contributed by atoms with van der Waals surface area (Å²) in [6.45, 7) is 4.90. The van der Waals surface area contributed by atoms with Gasteiger partial charge in [0.25, 0.3) is 0 Å². The van der Waals surface area contributed by atoms with Crippen molar-refractivity contribution in [3.8, 4) is 0 Å². The predicted molar refractivity (Wildman–Crippen MR) is 64.1 cm³/mol. The molecule has 0 aromatic carbocycles. The third-order valence-electron chi connectivity index (χ3n) is 2.99. The Morgan fingerprint density at radius 3 is 2.47 bits per heavy atom. The first-order valence-electron chi connectivity index (χ1n) is 6.00. The van der Waals surface area contributed by atoms with Crippen molar-refractivity contribution in [2.75, 3.05) is 12.4 Å². The van der Waals surface area contributed by atoms with Crippen LogP contribution in [-0.4, -0.2) is 29.3 Å². The molecule has 0 atom stereocenters. The molecule has 0 bridgehead atoms. The molecular formula is C12H22ClNO. The van der Waals surface area contributed by atoms with E-state index < -0.39 is 0 Å². The first-order chi connectivity index (χ1) is 7.15. The van der Waals surface area contributed by atoms with E-state index in [4.69, 9.17) is 11.6 Å². The maximum absolute atomic E-state index is 12.0. The van der Waals surface area contributed by atoms with Gasteiger partial charge in [0.2, 0.25) is 5.91 Å². The third kappa shape index (κ3) is 4.02. The molecule has 1 aliphatic rings. The second-order valence-corrected chi connectivity index (χ2v) is 5.19. The molecule has 1 aliphatic carbocycles. The maximum Gasteiger partial charge on any atom is 0.223 e. The molecule has 0 aromatic rings. The van der Waals surface area contributed by atoms with Crippen molar-refractivity contribution in [3.63, 3.8) is 0 Å².